The average Bonchev–Trinajstić information content (AvgIpc) is 2.74. The highest BCUT2D eigenvalue weighted by Gasteiger charge is 2.31. The summed E-state index contributed by atoms with van der Waals surface area (Å²) in [6, 6.07) is 11.7. The molecule has 0 bridgehead atoms. The van der Waals surface area contributed by atoms with Crippen LogP contribution in [0, 0.1) is 5.82 Å². The lowest BCUT2D eigenvalue weighted by molar-refractivity contribution is -0.140. The van der Waals surface area contributed by atoms with Crippen LogP contribution in [0.5, 0.6) is 0 Å². The van der Waals surface area contributed by atoms with E-state index < -0.39 is 39.9 Å². The molecule has 0 spiro atoms. The number of carbonyl (C=O) groups is 2. The number of nitrogens with zero attached hydrogens (tertiary/aromatic N) is 2. The van der Waals surface area contributed by atoms with E-state index in [9.17, 15) is 22.4 Å². The van der Waals surface area contributed by atoms with Crippen molar-refractivity contribution in [3.05, 3.63) is 65.5 Å². The zero-order chi connectivity index (χ0) is 25.7. The number of carbonyl (C=O) groups excluding carboxylic acids is 2. The zero-order valence-corrected chi connectivity index (χ0v) is 21.4. The molecule has 0 radical (unpaired) electrons. The van der Waals surface area contributed by atoms with Crippen molar-refractivity contribution in [2.45, 2.75) is 59.2 Å². The Labute approximate surface area is 202 Å². The summed E-state index contributed by atoms with van der Waals surface area (Å²) in [6.45, 7) is 8.54. The number of aryl methyl sites for hydroxylation is 1. The number of anilines is 1. The van der Waals surface area contributed by atoms with Gasteiger partial charge in [-0.3, -0.25) is 13.9 Å². The molecule has 1 atom stereocenters. The number of rotatable bonds is 9. The van der Waals surface area contributed by atoms with Gasteiger partial charge in [0.25, 0.3) is 0 Å². The maximum Gasteiger partial charge on any atom is 0.244 e. The van der Waals surface area contributed by atoms with Crippen molar-refractivity contribution in [3.8, 4) is 0 Å². The van der Waals surface area contributed by atoms with Crippen molar-refractivity contribution < 1.29 is 22.4 Å². The van der Waals surface area contributed by atoms with Gasteiger partial charge in [0.2, 0.25) is 21.8 Å². The summed E-state index contributed by atoms with van der Waals surface area (Å²) in [5.74, 6) is -1.33. The topological polar surface area (TPSA) is 86.8 Å². The van der Waals surface area contributed by atoms with E-state index in [0.717, 1.165) is 16.1 Å². The standard InChI is InChI=1S/C25H34FN3O4S/c1-7-20-10-8-9-11-22(20)29(34(6,32)33)17-23(30)28(16-19-12-14-21(26)15-13-19)18(2)24(31)27-25(3,4)5/h8-15,18H,7,16-17H2,1-6H3,(H,27,31)/t18-/m1/s1. The van der Waals surface area contributed by atoms with Crippen molar-refractivity contribution in [1.82, 2.24) is 10.2 Å². The van der Waals surface area contributed by atoms with Crippen molar-refractivity contribution in [3.63, 3.8) is 0 Å². The molecule has 0 aliphatic carbocycles. The minimum absolute atomic E-state index is 0.0187. The van der Waals surface area contributed by atoms with E-state index in [1.807, 2.05) is 39.8 Å². The third-order valence-corrected chi connectivity index (χ3v) is 6.38. The van der Waals surface area contributed by atoms with Gasteiger partial charge in [-0.2, -0.15) is 0 Å². The largest absolute Gasteiger partial charge is 0.350 e. The van der Waals surface area contributed by atoms with Crippen LogP contribution >= 0.6 is 0 Å². The molecule has 0 aromatic heterocycles. The minimum atomic E-state index is -3.80. The van der Waals surface area contributed by atoms with E-state index in [0.29, 0.717) is 17.7 Å². The predicted octanol–water partition coefficient (Wildman–Crippen LogP) is 3.49. The fourth-order valence-corrected chi connectivity index (χ4v) is 4.37. The molecule has 0 heterocycles. The van der Waals surface area contributed by atoms with E-state index in [4.69, 9.17) is 0 Å². The number of sulfonamides is 1. The fraction of sp³-hybridized carbons (Fsp3) is 0.440. The van der Waals surface area contributed by atoms with Gasteiger partial charge in [-0.25, -0.2) is 12.8 Å². The van der Waals surface area contributed by atoms with Gasteiger partial charge in [0.15, 0.2) is 0 Å². The number of nitrogens with one attached hydrogen (secondary N) is 1. The molecule has 186 valence electrons. The Hall–Kier alpha value is -2.94. The third-order valence-electron chi connectivity index (χ3n) is 5.25. The van der Waals surface area contributed by atoms with E-state index in [1.54, 1.807) is 19.1 Å². The molecule has 7 nitrogen and oxygen atoms in total. The Morgan fingerprint density at radius 1 is 1.06 bits per heavy atom. The monoisotopic (exact) mass is 491 g/mol. The second-order valence-electron chi connectivity index (χ2n) is 9.32. The van der Waals surface area contributed by atoms with E-state index >= 15 is 0 Å². The number of benzene rings is 2. The number of amides is 2. The second-order valence-corrected chi connectivity index (χ2v) is 11.2. The molecule has 0 fully saturated rings. The molecule has 0 saturated heterocycles. The highest BCUT2D eigenvalue weighted by Crippen LogP contribution is 2.24. The summed E-state index contributed by atoms with van der Waals surface area (Å²) in [4.78, 5) is 27.7. The van der Waals surface area contributed by atoms with Crippen molar-refractivity contribution >= 4 is 27.5 Å². The van der Waals surface area contributed by atoms with Crippen LogP contribution < -0.4 is 9.62 Å². The lowest BCUT2D eigenvalue weighted by Crippen LogP contribution is -2.54. The van der Waals surface area contributed by atoms with E-state index in [2.05, 4.69) is 5.32 Å². The lowest BCUT2D eigenvalue weighted by Gasteiger charge is -2.33. The van der Waals surface area contributed by atoms with Crippen LogP contribution in [0.2, 0.25) is 0 Å². The first-order chi connectivity index (χ1) is 15.7. The summed E-state index contributed by atoms with van der Waals surface area (Å²) in [6.07, 6.45) is 1.63. The summed E-state index contributed by atoms with van der Waals surface area (Å²) in [5, 5.41) is 2.86. The Bertz CT molecular complexity index is 1110. The molecule has 2 aromatic rings. The highest BCUT2D eigenvalue weighted by atomic mass is 32.2. The second kappa shape index (κ2) is 11.0. The van der Waals surface area contributed by atoms with Gasteiger partial charge in [-0.15, -0.1) is 0 Å². The van der Waals surface area contributed by atoms with Gasteiger partial charge in [0.05, 0.1) is 11.9 Å². The van der Waals surface area contributed by atoms with Gasteiger partial charge in [0, 0.05) is 12.1 Å². The van der Waals surface area contributed by atoms with Crippen molar-refractivity contribution in [2.75, 3.05) is 17.1 Å². The number of halogens is 1. The molecule has 0 aliphatic rings. The molecular weight excluding hydrogens is 457 g/mol. The Morgan fingerprint density at radius 2 is 1.65 bits per heavy atom. The summed E-state index contributed by atoms with van der Waals surface area (Å²) < 4.78 is 39.8. The van der Waals surface area contributed by atoms with Gasteiger partial charge < -0.3 is 10.2 Å². The molecule has 9 heteroatoms. The van der Waals surface area contributed by atoms with Crippen LogP contribution in [0.4, 0.5) is 10.1 Å². The van der Waals surface area contributed by atoms with E-state index in [-0.39, 0.29) is 12.5 Å². The van der Waals surface area contributed by atoms with Gasteiger partial charge >= 0.3 is 0 Å². The molecule has 2 amide bonds. The van der Waals surface area contributed by atoms with Crippen molar-refractivity contribution in [1.29, 1.82) is 0 Å². The van der Waals surface area contributed by atoms with E-state index in [1.165, 1.54) is 29.2 Å². The number of hydrogen-bond acceptors (Lipinski definition) is 4. The van der Waals surface area contributed by atoms with Gasteiger partial charge in [-0.1, -0.05) is 37.3 Å². The van der Waals surface area contributed by atoms with Gasteiger partial charge in [-0.05, 0) is 63.4 Å². The van der Waals surface area contributed by atoms with Crippen LogP contribution in [0.25, 0.3) is 0 Å². The Morgan fingerprint density at radius 3 is 2.18 bits per heavy atom. The zero-order valence-electron chi connectivity index (χ0n) is 20.6. The summed E-state index contributed by atoms with van der Waals surface area (Å²) in [7, 11) is -3.80. The molecular formula is C25H34FN3O4S. The lowest BCUT2D eigenvalue weighted by atomic mass is 10.1. The molecule has 0 aliphatic heterocycles. The fourth-order valence-electron chi connectivity index (χ4n) is 3.49. The quantitative estimate of drug-likeness (QED) is 0.582. The molecule has 2 aromatic carbocycles. The predicted molar refractivity (Wildman–Crippen MR) is 132 cm³/mol. The molecule has 34 heavy (non-hydrogen) atoms. The van der Waals surface area contributed by atoms with Crippen LogP contribution in [0.3, 0.4) is 0 Å². The third kappa shape index (κ3) is 7.55. The van der Waals surface area contributed by atoms with Gasteiger partial charge in [0.1, 0.15) is 18.4 Å². The van der Waals surface area contributed by atoms with Crippen molar-refractivity contribution in [2.24, 2.45) is 0 Å². The summed E-state index contributed by atoms with van der Waals surface area (Å²) >= 11 is 0. The Kier molecular flexibility index (Phi) is 8.83. The SMILES string of the molecule is CCc1ccccc1N(CC(=O)N(Cc1ccc(F)cc1)[C@H](C)C(=O)NC(C)(C)C)S(C)(=O)=O. The minimum Gasteiger partial charge on any atom is -0.350 e. The smallest absolute Gasteiger partial charge is 0.244 e. The first-order valence-corrected chi connectivity index (χ1v) is 13.0. The van der Waals surface area contributed by atoms with Crippen LogP contribution in [-0.4, -0.2) is 49.5 Å². The van der Waals surface area contributed by atoms with Crippen LogP contribution in [-0.2, 0) is 32.6 Å². The molecule has 0 unspecified atom stereocenters. The maximum atomic E-state index is 13.5. The number of para-hydroxylation sites is 1. The molecule has 1 N–H and O–H groups in total. The summed E-state index contributed by atoms with van der Waals surface area (Å²) in [5.41, 5.74) is 1.30. The number of hydrogen-bond donors (Lipinski definition) is 1. The Balaban J connectivity index is 2.43. The maximum absolute atomic E-state index is 13.5. The van der Waals surface area contributed by atoms with Crippen LogP contribution in [0.1, 0.15) is 45.7 Å². The normalized spacial score (nSPS) is 12.7. The first kappa shape index (κ1) is 27.3. The molecule has 0 saturated carbocycles. The average molecular weight is 492 g/mol. The first-order valence-electron chi connectivity index (χ1n) is 11.1. The van der Waals surface area contributed by atoms with Crippen LogP contribution in [0.15, 0.2) is 48.5 Å². The highest BCUT2D eigenvalue weighted by molar-refractivity contribution is 7.92. The molecule has 2 rings (SSSR count).